The summed E-state index contributed by atoms with van der Waals surface area (Å²) in [5, 5.41) is 3.65. The van der Waals surface area contributed by atoms with Gasteiger partial charge in [-0.05, 0) is 36.4 Å². The predicted octanol–water partition coefficient (Wildman–Crippen LogP) is 5.03. The summed E-state index contributed by atoms with van der Waals surface area (Å²) in [4.78, 5) is 0. The van der Waals surface area contributed by atoms with E-state index < -0.39 is 5.82 Å². The highest BCUT2D eigenvalue weighted by atomic mass is 35.5. The van der Waals surface area contributed by atoms with Gasteiger partial charge in [-0.1, -0.05) is 42.3 Å². The summed E-state index contributed by atoms with van der Waals surface area (Å²) in [5.41, 5.74) is 1.04. The molecule has 0 atom stereocenters. The Hall–Kier alpha value is -1.29. The third-order valence-corrected chi connectivity index (χ3v) is 3.30. The lowest BCUT2D eigenvalue weighted by molar-refractivity contribution is 0.442. The summed E-state index contributed by atoms with van der Waals surface area (Å²) in [6.07, 6.45) is 0. The van der Waals surface area contributed by atoms with Gasteiger partial charge >= 0.3 is 0 Å². The molecule has 0 saturated carbocycles. The lowest BCUT2D eigenvalue weighted by Crippen LogP contribution is -2.11. The molecule has 0 amide bonds. The van der Waals surface area contributed by atoms with E-state index in [9.17, 15) is 4.39 Å². The molecule has 0 fully saturated rings. The maximum atomic E-state index is 13.8. The van der Waals surface area contributed by atoms with E-state index in [4.69, 9.17) is 27.9 Å². The van der Waals surface area contributed by atoms with Gasteiger partial charge in [-0.25, -0.2) is 4.39 Å². The van der Waals surface area contributed by atoms with Crippen molar-refractivity contribution in [1.29, 1.82) is 0 Å². The number of nitrogens with one attached hydrogen (secondary N) is 1. The highest BCUT2D eigenvalue weighted by Crippen LogP contribution is 2.33. The fraction of sp³-hybridized carbons (Fsp3) is 0.200. The van der Waals surface area contributed by atoms with Crippen LogP contribution in [0.15, 0.2) is 36.4 Å². The minimum Gasteiger partial charge on any atom is -0.453 e. The summed E-state index contributed by atoms with van der Waals surface area (Å²) in [6, 6.07) is 9.98. The minimum absolute atomic E-state index is 0.0161. The molecule has 0 unspecified atom stereocenters. The molecule has 0 radical (unpaired) electrons. The zero-order chi connectivity index (χ0) is 14.5. The molecule has 0 aromatic heterocycles. The van der Waals surface area contributed by atoms with Gasteiger partial charge in [0.2, 0.25) is 0 Å². The van der Waals surface area contributed by atoms with Gasteiger partial charge in [0.1, 0.15) is 5.75 Å². The summed E-state index contributed by atoms with van der Waals surface area (Å²) in [6.45, 7) is 3.63. The van der Waals surface area contributed by atoms with E-state index >= 15 is 0 Å². The molecule has 2 rings (SSSR count). The normalized spacial score (nSPS) is 10.6. The second-order valence-corrected chi connectivity index (χ2v) is 5.01. The maximum absolute atomic E-state index is 13.8. The molecule has 2 aromatic carbocycles. The lowest BCUT2D eigenvalue weighted by Gasteiger charge is -2.10. The number of rotatable bonds is 5. The summed E-state index contributed by atoms with van der Waals surface area (Å²) in [5.74, 6) is -0.145. The van der Waals surface area contributed by atoms with Crippen LogP contribution in [-0.4, -0.2) is 6.54 Å². The Bertz CT molecular complexity index is 604. The first-order chi connectivity index (χ1) is 9.61. The van der Waals surface area contributed by atoms with Crippen molar-refractivity contribution in [2.24, 2.45) is 0 Å². The highest BCUT2D eigenvalue weighted by molar-refractivity contribution is 6.32. The van der Waals surface area contributed by atoms with Crippen molar-refractivity contribution in [3.05, 3.63) is 57.8 Å². The standard InChI is InChI=1S/C15H14Cl2FNO/c1-2-19-9-10-6-7-13(12(17)8-10)20-14-5-3-4-11(16)15(14)18/h3-8,19H,2,9H2,1H3. The molecule has 20 heavy (non-hydrogen) atoms. The second kappa shape index (κ2) is 6.93. The van der Waals surface area contributed by atoms with Crippen LogP contribution in [-0.2, 0) is 6.54 Å². The Balaban J connectivity index is 2.19. The molecule has 0 heterocycles. The number of benzene rings is 2. The van der Waals surface area contributed by atoms with E-state index in [2.05, 4.69) is 5.32 Å². The molecular formula is C15H14Cl2FNO. The van der Waals surface area contributed by atoms with E-state index in [1.807, 2.05) is 13.0 Å². The van der Waals surface area contributed by atoms with Crippen LogP contribution in [0.25, 0.3) is 0 Å². The predicted molar refractivity (Wildman–Crippen MR) is 80.3 cm³/mol. The Kier molecular flexibility index (Phi) is 5.24. The second-order valence-electron chi connectivity index (χ2n) is 4.20. The molecular weight excluding hydrogens is 300 g/mol. The molecule has 0 saturated heterocycles. The summed E-state index contributed by atoms with van der Waals surface area (Å²) in [7, 11) is 0. The lowest BCUT2D eigenvalue weighted by atomic mass is 10.2. The van der Waals surface area contributed by atoms with Gasteiger partial charge in [0.05, 0.1) is 10.0 Å². The molecule has 0 aliphatic rings. The molecule has 0 spiro atoms. The topological polar surface area (TPSA) is 21.3 Å². The zero-order valence-electron chi connectivity index (χ0n) is 10.9. The van der Waals surface area contributed by atoms with E-state index in [0.29, 0.717) is 10.8 Å². The molecule has 2 aromatic rings. The van der Waals surface area contributed by atoms with E-state index in [-0.39, 0.29) is 10.8 Å². The quantitative estimate of drug-likeness (QED) is 0.835. The van der Waals surface area contributed by atoms with E-state index in [0.717, 1.165) is 18.7 Å². The molecule has 0 aliphatic heterocycles. The summed E-state index contributed by atoms with van der Waals surface area (Å²) < 4.78 is 19.2. The minimum atomic E-state index is -0.595. The SMILES string of the molecule is CCNCc1ccc(Oc2cccc(Cl)c2F)c(Cl)c1. The smallest absolute Gasteiger partial charge is 0.184 e. The van der Waals surface area contributed by atoms with Crippen molar-refractivity contribution in [2.75, 3.05) is 6.54 Å². The van der Waals surface area contributed by atoms with Crippen molar-refractivity contribution in [1.82, 2.24) is 5.32 Å². The number of ether oxygens (including phenoxy) is 1. The van der Waals surface area contributed by atoms with Crippen LogP contribution < -0.4 is 10.1 Å². The van der Waals surface area contributed by atoms with Crippen LogP contribution in [0.1, 0.15) is 12.5 Å². The van der Waals surface area contributed by atoms with E-state index in [1.54, 1.807) is 18.2 Å². The third kappa shape index (κ3) is 3.63. The van der Waals surface area contributed by atoms with Crippen LogP contribution >= 0.6 is 23.2 Å². The Morgan fingerprint density at radius 2 is 1.90 bits per heavy atom. The summed E-state index contributed by atoms with van der Waals surface area (Å²) >= 11 is 11.8. The van der Waals surface area contributed by atoms with Crippen molar-refractivity contribution in [2.45, 2.75) is 13.5 Å². The Labute approximate surface area is 127 Å². The Morgan fingerprint density at radius 3 is 2.60 bits per heavy atom. The molecule has 1 N–H and O–H groups in total. The first-order valence-electron chi connectivity index (χ1n) is 6.23. The molecule has 0 bridgehead atoms. The van der Waals surface area contributed by atoms with Crippen molar-refractivity contribution in [3.8, 4) is 11.5 Å². The molecule has 106 valence electrons. The van der Waals surface area contributed by atoms with Crippen LogP contribution in [0, 0.1) is 5.82 Å². The first kappa shape index (κ1) is 15.1. The number of halogens is 3. The van der Waals surface area contributed by atoms with Gasteiger partial charge in [-0.15, -0.1) is 0 Å². The molecule has 0 aliphatic carbocycles. The number of hydrogen-bond acceptors (Lipinski definition) is 2. The van der Waals surface area contributed by atoms with Gasteiger partial charge in [-0.3, -0.25) is 0 Å². The van der Waals surface area contributed by atoms with Gasteiger partial charge in [0.25, 0.3) is 0 Å². The van der Waals surface area contributed by atoms with Gasteiger partial charge < -0.3 is 10.1 Å². The zero-order valence-corrected chi connectivity index (χ0v) is 12.4. The average Bonchev–Trinajstić information content (AvgIpc) is 2.44. The van der Waals surface area contributed by atoms with Gasteiger partial charge in [0.15, 0.2) is 11.6 Å². The monoisotopic (exact) mass is 313 g/mol. The number of hydrogen-bond donors (Lipinski definition) is 1. The molecule has 2 nitrogen and oxygen atoms in total. The van der Waals surface area contributed by atoms with Crippen LogP contribution in [0.4, 0.5) is 4.39 Å². The van der Waals surface area contributed by atoms with Crippen LogP contribution in [0.2, 0.25) is 10.0 Å². The van der Waals surface area contributed by atoms with Crippen LogP contribution in [0.3, 0.4) is 0 Å². The van der Waals surface area contributed by atoms with Crippen molar-refractivity contribution < 1.29 is 9.13 Å². The van der Waals surface area contributed by atoms with Crippen LogP contribution in [0.5, 0.6) is 11.5 Å². The van der Waals surface area contributed by atoms with Gasteiger partial charge in [0, 0.05) is 6.54 Å². The fourth-order valence-electron chi connectivity index (χ4n) is 1.69. The van der Waals surface area contributed by atoms with Gasteiger partial charge in [-0.2, -0.15) is 0 Å². The highest BCUT2D eigenvalue weighted by Gasteiger charge is 2.10. The largest absolute Gasteiger partial charge is 0.453 e. The first-order valence-corrected chi connectivity index (χ1v) is 6.98. The van der Waals surface area contributed by atoms with E-state index in [1.165, 1.54) is 12.1 Å². The Morgan fingerprint density at radius 1 is 1.10 bits per heavy atom. The fourth-order valence-corrected chi connectivity index (χ4v) is 2.10. The van der Waals surface area contributed by atoms with Crippen molar-refractivity contribution >= 4 is 23.2 Å². The molecule has 5 heteroatoms. The van der Waals surface area contributed by atoms with Crippen molar-refractivity contribution in [3.63, 3.8) is 0 Å². The average molecular weight is 314 g/mol. The third-order valence-electron chi connectivity index (χ3n) is 2.71. The maximum Gasteiger partial charge on any atom is 0.184 e.